The number of nitrogens with one attached hydrogen (secondary N) is 2. The van der Waals surface area contributed by atoms with E-state index >= 15 is 0 Å². The zero-order valence-electron chi connectivity index (χ0n) is 16.0. The van der Waals surface area contributed by atoms with Gasteiger partial charge in [-0.05, 0) is 43.5 Å². The number of carbonyl (C=O) groups is 1. The van der Waals surface area contributed by atoms with Crippen LogP contribution in [0.5, 0.6) is 0 Å². The third-order valence-corrected chi connectivity index (χ3v) is 5.28. The van der Waals surface area contributed by atoms with Crippen molar-refractivity contribution in [3.05, 3.63) is 53.6 Å². The van der Waals surface area contributed by atoms with Crippen LogP contribution in [0.1, 0.15) is 40.6 Å². The molecule has 146 valence electrons. The fourth-order valence-electron chi connectivity index (χ4n) is 3.82. The highest BCUT2D eigenvalue weighted by molar-refractivity contribution is 5.93. The van der Waals surface area contributed by atoms with E-state index in [1.54, 1.807) is 6.20 Å². The lowest BCUT2D eigenvalue weighted by atomic mass is 9.97. The van der Waals surface area contributed by atoms with Crippen LogP contribution in [0.2, 0.25) is 0 Å². The smallest absolute Gasteiger partial charge is 0.270 e. The fraction of sp³-hybridized carbons (Fsp3) is 0.381. The van der Waals surface area contributed by atoms with Crippen molar-refractivity contribution in [3.8, 4) is 0 Å². The summed E-state index contributed by atoms with van der Waals surface area (Å²) >= 11 is 0. The van der Waals surface area contributed by atoms with Crippen molar-refractivity contribution in [2.45, 2.75) is 25.7 Å². The Labute approximate surface area is 163 Å². The van der Waals surface area contributed by atoms with Gasteiger partial charge in [0.1, 0.15) is 11.5 Å². The molecule has 0 radical (unpaired) electrons. The minimum atomic E-state index is -0.266. The summed E-state index contributed by atoms with van der Waals surface area (Å²) in [5.41, 5.74) is 4.66. The van der Waals surface area contributed by atoms with Crippen molar-refractivity contribution in [2.24, 2.45) is 0 Å². The van der Waals surface area contributed by atoms with Crippen molar-refractivity contribution in [2.75, 3.05) is 31.1 Å². The standard InChI is InChI=1S/C21H25N5O2/c1-14-4-2-6-17-19(14)25-20(24-17)15-5-3-10-26(13-15)16-7-8-22-18(12-16)21(28)23-9-11-27/h2,4,6-8,12,15,27H,3,5,9-11,13H2,1H3,(H,23,28)(H,24,25)/t15-/m1/s1. The Kier molecular flexibility index (Phi) is 5.25. The first-order valence-electron chi connectivity index (χ1n) is 9.71. The van der Waals surface area contributed by atoms with Crippen LogP contribution < -0.4 is 10.2 Å². The predicted molar refractivity (Wildman–Crippen MR) is 109 cm³/mol. The minimum absolute atomic E-state index is 0.0871. The maximum Gasteiger partial charge on any atom is 0.270 e. The summed E-state index contributed by atoms with van der Waals surface area (Å²) < 4.78 is 0. The van der Waals surface area contributed by atoms with Gasteiger partial charge in [0.05, 0.1) is 17.6 Å². The molecule has 1 fully saturated rings. The molecule has 1 atom stereocenters. The van der Waals surface area contributed by atoms with E-state index in [9.17, 15) is 4.79 Å². The van der Waals surface area contributed by atoms with E-state index in [-0.39, 0.29) is 19.1 Å². The molecule has 0 unspecified atom stereocenters. The van der Waals surface area contributed by atoms with Gasteiger partial charge in [-0.25, -0.2) is 4.98 Å². The summed E-state index contributed by atoms with van der Waals surface area (Å²) in [6, 6.07) is 9.96. The van der Waals surface area contributed by atoms with E-state index in [0.29, 0.717) is 11.6 Å². The number of pyridine rings is 1. The molecule has 7 heteroatoms. The van der Waals surface area contributed by atoms with E-state index in [2.05, 4.69) is 39.2 Å². The van der Waals surface area contributed by atoms with Crippen molar-refractivity contribution in [1.82, 2.24) is 20.3 Å². The number of carbonyl (C=O) groups excluding carboxylic acids is 1. The number of anilines is 1. The van der Waals surface area contributed by atoms with Crippen LogP contribution in [-0.2, 0) is 0 Å². The summed E-state index contributed by atoms with van der Waals surface area (Å²) in [5.74, 6) is 1.08. The van der Waals surface area contributed by atoms with Crippen LogP contribution in [0.15, 0.2) is 36.5 Å². The van der Waals surface area contributed by atoms with E-state index < -0.39 is 0 Å². The summed E-state index contributed by atoms with van der Waals surface area (Å²) in [5, 5.41) is 11.5. The molecular formula is C21H25N5O2. The predicted octanol–water partition coefficient (Wildman–Crippen LogP) is 2.37. The van der Waals surface area contributed by atoms with Crippen LogP contribution in [0.25, 0.3) is 11.0 Å². The molecule has 0 aliphatic carbocycles. The monoisotopic (exact) mass is 379 g/mol. The van der Waals surface area contributed by atoms with Crippen molar-refractivity contribution in [3.63, 3.8) is 0 Å². The zero-order valence-corrected chi connectivity index (χ0v) is 16.0. The third kappa shape index (κ3) is 3.71. The number of para-hydroxylation sites is 1. The van der Waals surface area contributed by atoms with Gasteiger partial charge in [0.15, 0.2) is 0 Å². The van der Waals surface area contributed by atoms with Gasteiger partial charge < -0.3 is 20.3 Å². The number of rotatable bonds is 5. The lowest BCUT2D eigenvalue weighted by Crippen LogP contribution is -2.35. The lowest BCUT2D eigenvalue weighted by molar-refractivity contribution is 0.0940. The zero-order chi connectivity index (χ0) is 19.5. The SMILES string of the molecule is Cc1cccc2[nH]c([C@@H]3CCCN(c4ccnc(C(=O)NCCO)c4)C3)nc12. The first kappa shape index (κ1) is 18.4. The molecule has 0 spiro atoms. The van der Waals surface area contributed by atoms with Gasteiger partial charge in [-0.3, -0.25) is 9.78 Å². The van der Waals surface area contributed by atoms with Gasteiger partial charge in [-0.15, -0.1) is 0 Å². The number of benzene rings is 1. The number of aliphatic hydroxyl groups excluding tert-OH is 1. The molecule has 1 aliphatic rings. The second-order valence-corrected chi connectivity index (χ2v) is 7.26. The Morgan fingerprint density at radius 3 is 3.11 bits per heavy atom. The van der Waals surface area contributed by atoms with E-state index in [0.717, 1.165) is 48.5 Å². The highest BCUT2D eigenvalue weighted by Gasteiger charge is 2.25. The Bertz CT molecular complexity index is 984. The number of aromatic nitrogens is 3. The fourth-order valence-corrected chi connectivity index (χ4v) is 3.82. The van der Waals surface area contributed by atoms with Crippen LogP contribution in [-0.4, -0.2) is 52.2 Å². The number of H-pyrrole nitrogens is 1. The molecule has 1 aromatic carbocycles. The molecule has 4 rings (SSSR count). The maximum absolute atomic E-state index is 12.1. The topological polar surface area (TPSA) is 94.1 Å². The lowest BCUT2D eigenvalue weighted by Gasteiger charge is -2.33. The first-order valence-corrected chi connectivity index (χ1v) is 9.71. The van der Waals surface area contributed by atoms with Crippen LogP contribution >= 0.6 is 0 Å². The number of hydrogen-bond acceptors (Lipinski definition) is 5. The Morgan fingerprint density at radius 2 is 2.29 bits per heavy atom. The number of aryl methyl sites for hydroxylation is 1. The average molecular weight is 379 g/mol. The van der Waals surface area contributed by atoms with Gasteiger partial charge in [0, 0.05) is 37.4 Å². The number of aromatic amines is 1. The molecule has 3 N–H and O–H groups in total. The highest BCUT2D eigenvalue weighted by atomic mass is 16.3. The molecule has 2 aromatic heterocycles. The van der Waals surface area contributed by atoms with Crippen molar-refractivity contribution >= 4 is 22.6 Å². The molecule has 3 aromatic rings. The molecule has 0 saturated carbocycles. The Hall–Kier alpha value is -2.93. The Balaban J connectivity index is 1.53. The number of fused-ring (bicyclic) bond motifs is 1. The summed E-state index contributed by atoms with van der Waals surface area (Å²) in [6.07, 6.45) is 3.82. The molecule has 0 bridgehead atoms. The summed E-state index contributed by atoms with van der Waals surface area (Å²) in [4.78, 5) is 26.9. The van der Waals surface area contributed by atoms with Crippen LogP contribution in [0.3, 0.4) is 0 Å². The number of hydrogen-bond donors (Lipinski definition) is 3. The second-order valence-electron chi connectivity index (χ2n) is 7.26. The summed E-state index contributed by atoms with van der Waals surface area (Å²) in [6.45, 7) is 4.01. The molecule has 28 heavy (non-hydrogen) atoms. The van der Waals surface area contributed by atoms with Gasteiger partial charge in [0.2, 0.25) is 0 Å². The number of piperidine rings is 1. The van der Waals surface area contributed by atoms with E-state index in [1.807, 2.05) is 18.2 Å². The normalized spacial score (nSPS) is 17.1. The molecule has 1 amide bonds. The number of imidazole rings is 1. The Morgan fingerprint density at radius 1 is 1.39 bits per heavy atom. The van der Waals surface area contributed by atoms with Crippen LogP contribution in [0, 0.1) is 6.92 Å². The number of nitrogens with zero attached hydrogens (tertiary/aromatic N) is 3. The number of aliphatic hydroxyl groups is 1. The van der Waals surface area contributed by atoms with E-state index in [4.69, 9.17) is 10.1 Å². The highest BCUT2D eigenvalue weighted by Crippen LogP contribution is 2.30. The van der Waals surface area contributed by atoms with Crippen molar-refractivity contribution in [1.29, 1.82) is 0 Å². The first-order chi connectivity index (χ1) is 13.7. The van der Waals surface area contributed by atoms with Gasteiger partial charge >= 0.3 is 0 Å². The van der Waals surface area contributed by atoms with Crippen molar-refractivity contribution < 1.29 is 9.90 Å². The molecule has 3 heterocycles. The average Bonchev–Trinajstić information content (AvgIpc) is 3.18. The molecule has 1 aliphatic heterocycles. The third-order valence-electron chi connectivity index (χ3n) is 5.28. The van der Waals surface area contributed by atoms with E-state index in [1.165, 1.54) is 5.56 Å². The quantitative estimate of drug-likeness (QED) is 0.633. The number of amides is 1. The maximum atomic E-state index is 12.1. The molecule has 1 saturated heterocycles. The largest absolute Gasteiger partial charge is 0.395 e. The van der Waals surface area contributed by atoms with Gasteiger partial charge in [-0.2, -0.15) is 0 Å². The minimum Gasteiger partial charge on any atom is -0.395 e. The molecular weight excluding hydrogens is 354 g/mol. The second kappa shape index (κ2) is 7.98. The summed E-state index contributed by atoms with van der Waals surface area (Å²) in [7, 11) is 0. The van der Waals surface area contributed by atoms with Crippen LogP contribution in [0.4, 0.5) is 5.69 Å². The molecule has 7 nitrogen and oxygen atoms in total. The van der Waals surface area contributed by atoms with Gasteiger partial charge in [0.25, 0.3) is 5.91 Å². The van der Waals surface area contributed by atoms with Gasteiger partial charge in [-0.1, -0.05) is 12.1 Å².